The van der Waals surface area contributed by atoms with Gasteiger partial charge in [0.05, 0.1) is 12.7 Å². The number of aromatic nitrogens is 1. The van der Waals surface area contributed by atoms with Crippen LogP contribution in [0, 0.1) is 0 Å². The van der Waals surface area contributed by atoms with Crippen molar-refractivity contribution < 1.29 is 9.53 Å². The maximum Gasteiger partial charge on any atom is 0.255 e. The van der Waals surface area contributed by atoms with Gasteiger partial charge in [-0.2, -0.15) is 0 Å². The summed E-state index contributed by atoms with van der Waals surface area (Å²) < 4.78 is 5.11. The molecule has 0 unspecified atom stereocenters. The molecule has 0 bridgehead atoms. The molecule has 1 aromatic rings. The number of methoxy groups -OCH3 is 1. The van der Waals surface area contributed by atoms with Gasteiger partial charge in [-0.3, -0.25) is 4.79 Å². The molecule has 1 heterocycles. The number of nitrogens with one attached hydrogen (secondary N) is 1. The molecule has 0 radical (unpaired) electrons. The number of anilines is 1. The zero-order chi connectivity index (χ0) is 11.4. The van der Waals surface area contributed by atoms with E-state index in [1.165, 1.54) is 11.1 Å². The topological polar surface area (TPSA) is 54.5 Å². The van der Waals surface area contributed by atoms with Crippen molar-refractivity contribution in [2.24, 2.45) is 0 Å². The highest BCUT2D eigenvalue weighted by atomic mass is 16.5. The van der Waals surface area contributed by atoms with E-state index in [1.807, 2.05) is 0 Å². The van der Waals surface area contributed by atoms with E-state index in [-0.39, 0.29) is 5.91 Å². The largest absolute Gasteiger partial charge is 0.493 e. The van der Waals surface area contributed by atoms with Gasteiger partial charge in [0.1, 0.15) is 0 Å². The standard InChI is InChI=1S/C10H15N3O2/c1-11-9-8(15-4)5-7(6-12-9)10(14)13(2)3/h5-6H,1-4H3,(H,11,12). The zero-order valence-electron chi connectivity index (χ0n) is 9.37. The van der Waals surface area contributed by atoms with Crippen LogP contribution in [0.2, 0.25) is 0 Å². The fourth-order valence-electron chi connectivity index (χ4n) is 1.16. The maximum absolute atomic E-state index is 11.6. The summed E-state index contributed by atoms with van der Waals surface area (Å²) in [5.41, 5.74) is 0.510. The molecule has 0 saturated carbocycles. The molecule has 82 valence electrons. The number of carbonyl (C=O) groups excluding carboxylic acids is 1. The molecule has 1 rings (SSSR count). The van der Waals surface area contributed by atoms with Crippen LogP contribution >= 0.6 is 0 Å². The SMILES string of the molecule is CNc1ncc(C(=O)N(C)C)cc1OC. The number of carbonyl (C=O) groups is 1. The van der Waals surface area contributed by atoms with Gasteiger partial charge in [0, 0.05) is 27.3 Å². The second kappa shape index (κ2) is 4.63. The predicted octanol–water partition coefficient (Wildman–Crippen LogP) is 0.834. The Bertz CT molecular complexity index is 364. The normalized spacial score (nSPS) is 9.60. The van der Waals surface area contributed by atoms with E-state index in [9.17, 15) is 4.79 Å². The van der Waals surface area contributed by atoms with Crippen molar-refractivity contribution >= 4 is 11.7 Å². The zero-order valence-corrected chi connectivity index (χ0v) is 9.37. The van der Waals surface area contributed by atoms with Crippen molar-refractivity contribution in [3.8, 4) is 5.75 Å². The summed E-state index contributed by atoms with van der Waals surface area (Å²) >= 11 is 0. The summed E-state index contributed by atoms with van der Waals surface area (Å²) in [4.78, 5) is 17.2. The third-order valence-electron chi connectivity index (χ3n) is 1.96. The van der Waals surface area contributed by atoms with E-state index < -0.39 is 0 Å². The van der Waals surface area contributed by atoms with Gasteiger partial charge in [-0.1, -0.05) is 0 Å². The van der Waals surface area contributed by atoms with Crippen molar-refractivity contribution in [3.63, 3.8) is 0 Å². The van der Waals surface area contributed by atoms with Crippen LogP contribution in [0.1, 0.15) is 10.4 Å². The second-order valence-corrected chi connectivity index (χ2v) is 3.22. The number of hydrogen-bond donors (Lipinski definition) is 1. The Morgan fingerprint density at radius 2 is 2.20 bits per heavy atom. The van der Waals surface area contributed by atoms with E-state index in [0.717, 1.165) is 0 Å². The molecule has 0 atom stereocenters. The van der Waals surface area contributed by atoms with E-state index in [4.69, 9.17) is 4.74 Å². The van der Waals surface area contributed by atoms with Crippen LogP contribution < -0.4 is 10.1 Å². The highest BCUT2D eigenvalue weighted by molar-refractivity contribution is 5.94. The lowest BCUT2D eigenvalue weighted by atomic mass is 10.2. The van der Waals surface area contributed by atoms with Gasteiger partial charge < -0.3 is 15.0 Å². The Morgan fingerprint density at radius 3 is 2.67 bits per heavy atom. The molecule has 0 spiro atoms. The molecule has 0 aliphatic rings. The van der Waals surface area contributed by atoms with Crippen LogP contribution in [-0.4, -0.2) is 44.0 Å². The Kier molecular flexibility index (Phi) is 3.49. The molecule has 0 fully saturated rings. The number of amides is 1. The van der Waals surface area contributed by atoms with Gasteiger partial charge in [0.15, 0.2) is 11.6 Å². The van der Waals surface area contributed by atoms with Gasteiger partial charge in [-0.05, 0) is 6.07 Å². The Morgan fingerprint density at radius 1 is 1.53 bits per heavy atom. The Balaban J connectivity index is 3.08. The molecular formula is C10H15N3O2. The fourth-order valence-corrected chi connectivity index (χ4v) is 1.16. The smallest absolute Gasteiger partial charge is 0.255 e. The van der Waals surface area contributed by atoms with Crippen LogP contribution in [0.5, 0.6) is 5.75 Å². The number of ether oxygens (including phenoxy) is 1. The molecule has 0 aliphatic heterocycles. The van der Waals surface area contributed by atoms with Crippen LogP contribution in [0.15, 0.2) is 12.3 Å². The average molecular weight is 209 g/mol. The molecule has 1 aromatic heterocycles. The third-order valence-corrected chi connectivity index (χ3v) is 1.96. The van der Waals surface area contributed by atoms with E-state index in [0.29, 0.717) is 17.1 Å². The van der Waals surface area contributed by atoms with Crippen molar-refractivity contribution in [1.82, 2.24) is 9.88 Å². The maximum atomic E-state index is 11.6. The van der Waals surface area contributed by atoms with Crippen LogP contribution in [-0.2, 0) is 0 Å². The molecule has 5 nitrogen and oxygen atoms in total. The van der Waals surface area contributed by atoms with Gasteiger partial charge >= 0.3 is 0 Å². The summed E-state index contributed by atoms with van der Waals surface area (Å²) in [5.74, 6) is 1.08. The predicted molar refractivity (Wildman–Crippen MR) is 58.4 cm³/mol. The Hall–Kier alpha value is -1.78. The first kappa shape index (κ1) is 11.3. The van der Waals surface area contributed by atoms with Crippen LogP contribution in [0.4, 0.5) is 5.82 Å². The van der Waals surface area contributed by atoms with Crippen molar-refractivity contribution in [1.29, 1.82) is 0 Å². The first-order valence-corrected chi connectivity index (χ1v) is 4.53. The number of pyridine rings is 1. The summed E-state index contributed by atoms with van der Waals surface area (Å²) in [5, 5.41) is 2.88. The minimum absolute atomic E-state index is 0.0940. The van der Waals surface area contributed by atoms with Gasteiger partial charge in [-0.25, -0.2) is 4.98 Å². The second-order valence-electron chi connectivity index (χ2n) is 3.22. The number of hydrogen-bond acceptors (Lipinski definition) is 4. The molecule has 1 amide bonds. The Labute approximate surface area is 89.1 Å². The van der Waals surface area contributed by atoms with Crippen LogP contribution in [0.25, 0.3) is 0 Å². The molecule has 1 N–H and O–H groups in total. The van der Waals surface area contributed by atoms with Gasteiger partial charge in [0.25, 0.3) is 5.91 Å². The lowest BCUT2D eigenvalue weighted by molar-refractivity contribution is 0.0827. The van der Waals surface area contributed by atoms with Gasteiger partial charge in [0.2, 0.25) is 0 Å². The minimum Gasteiger partial charge on any atom is -0.493 e. The van der Waals surface area contributed by atoms with E-state index in [1.54, 1.807) is 34.3 Å². The van der Waals surface area contributed by atoms with E-state index >= 15 is 0 Å². The van der Waals surface area contributed by atoms with Crippen molar-refractivity contribution in [3.05, 3.63) is 17.8 Å². The molecule has 15 heavy (non-hydrogen) atoms. The minimum atomic E-state index is -0.0940. The average Bonchev–Trinajstić information content (AvgIpc) is 2.26. The molecule has 0 aromatic carbocycles. The molecule has 0 aliphatic carbocycles. The summed E-state index contributed by atoms with van der Waals surface area (Å²) in [6.07, 6.45) is 1.52. The monoisotopic (exact) mass is 209 g/mol. The van der Waals surface area contributed by atoms with E-state index in [2.05, 4.69) is 10.3 Å². The summed E-state index contributed by atoms with van der Waals surface area (Å²) in [6.45, 7) is 0. The molecular weight excluding hydrogens is 194 g/mol. The van der Waals surface area contributed by atoms with Crippen molar-refractivity contribution in [2.75, 3.05) is 33.6 Å². The fraction of sp³-hybridized carbons (Fsp3) is 0.400. The van der Waals surface area contributed by atoms with Crippen LogP contribution in [0.3, 0.4) is 0 Å². The molecule has 5 heteroatoms. The molecule has 0 saturated heterocycles. The lowest BCUT2D eigenvalue weighted by Crippen LogP contribution is -2.21. The first-order chi connectivity index (χ1) is 7.10. The summed E-state index contributed by atoms with van der Waals surface area (Å²) in [7, 11) is 6.68. The van der Waals surface area contributed by atoms with Gasteiger partial charge in [-0.15, -0.1) is 0 Å². The lowest BCUT2D eigenvalue weighted by Gasteiger charge is -2.12. The highest BCUT2D eigenvalue weighted by Gasteiger charge is 2.11. The summed E-state index contributed by atoms with van der Waals surface area (Å²) in [6, 6.07) is 1.67. The highest BCUT2D eigenvalue weighted by Crippen LogP contribution is 2.22. The van der Waals surface area contributed by atoms with Crippen molar-refractivity contribution in [2.45, 2.75) is 0 Å². The first-order valence-electron chi connectivity index (χ1n) is 4.53. The third kappa shape index (κ3) is 2.37. The number of rotatable bonds is 3. The quantitative estimate of drug-likeness (QED) is 0.801. The number of nitrogens with zero attached hydrogens (tertiary/aromatic N) is 2.